The maximum Gasteiger partial charge on any atom is 0.227 e. The van der Waals surface area contributed by atoms with Crippen LogP contribution in [0.3, 0.4) is 0 Å². The van der Waals surface area contributed by atoms with Crippen molar-refractivity contribution in [3.05, 3.63) is 0 Å². The Morgan fingerprint density at radius 1 is 1.32 bits per heavy atom. The number of nitrogens with zero attached hydrogens (tertiary/aromatic N) is 2. The molecule has 2 rings (SSSR count). The van der Waals surface area contributed by atoms with Gasteiger partial charge in [-0.05, 0) is 65.7 Å². The first-order valence-electron chi connectivity index (χ1n) is 7.77. The average Bonchev–Trinajstić information content (AvgIpc) is 2.83. The molecule has 2 aliphatic rings. The van der Waals surface area contributed by atoms with Crippen molar-refractivity contribution in [1.29, 1.82) is 0 Å². The van der Waals surface area contributed by atoms with Gasteiger partial charge in [0.1, 0.15) is 0 Å². The summed E-state index contributed by atoms with van der Waals surface area (Å²) in [5, 5.41) is 3.40. The van der Waals surface area contributed by atoms with Gasteiger partial charge >= 0.3 is 0 Å². The molecule has 1 unspecified atom stereocenters. The van der Waals surface area contributed by atoms with Gasteiger partial charge in [-0.3, -0.25) is 4.79 Å². The van der Waals surface area contributed by atoms with E-state index < -0.39 is 0 Å². The van der Waals surface area contributed by atoms with Crippen molar-refractivity contribution in [2.75, 3.05) is 39.8 Å². The van der Waals surface area contributed by atoms with Gasteiger partial charge in [0, 0.05) is 19.1 Å². The number of amides is 1. The lowest BCUT2D eigenvalue weighted by Gasteiger charge is -2.34. The van der Waals surface area contributed by atoms with E-state index in [1.807, 2.05) is 0 Å². The zero-order valence-corrected chi connectivity index (χ0v) is 12.7. The van der Waals surface area contributed by atoms with Gasteiger partial charge in [0.15, 0.2) is 0 Å². The van der Waals surface area contributed by atoms with E-state index in [0.717, 1.165) is 39.1 Å². The summed E-state index contributed by atoms with van der Waals surface area (Å²) < 4.78 is 0. The fourth-order valence-electron chi connectivity index (χ4n) is 3.27. The number of carbonyl (C=O) groups excluding carboxylic acids is 1. The molecule has 19 heavy (non-hydrogen) atoms. The van der Waals surface area contributed by atoms with Crippen LogP contribution in [0.15, 0.2) is 0 Å². The van der Waals surface area contributed by atoms with Crippen molar-refractivity contribution in [2.24, 2.45) is 11.8 Å². The molecule has 2 saturated heterocycles. The van der Waals surface area contributed by atoms with Crippen molar-refractivity contribution in [2.45, 2.75) is 39.2 Å². The van der Waals surface area contributed by atoms with Crippen LogP contribution in [0.5, 0.6) is 0 Å². The maximum atomic E-state index is 12.7. The van der Waals surface area contributed by atoms with Crippen LogP contribution in [0.1, 0.15) is 33.1 Å². The number of piperidine rings is 1. The summed E-state index contributed by atoms with van der Waals surface area (Å²) in [6.45, 7) is 9.48. The molecule has 1 atom stereocenters. The van der Waals surface area contributed by atoms with E-state index >= 15 is 0 Å². The van der Waals surface area contributed by atoms with Gasteiger partial charge in [-0.15, -0.1) is 0 Å². The van der Waals surface area contributed by atoms with Crippen molar-refractivity contribution in [3.63, 3.8) is 0 Å². The van der Waals surface area contributed by atoms with E-state index in [-0.39, 0.29) is 5.92 Å². The minimum Gasteiger partial charge on any atom is -0.340 e. The number of rotatable bonds is 4. The Hall–Kier alpha value is -0.610. The lowest BCUT2D eigenvalue weighted by Crippen LogP contribution is -2.45. The Kier molecular flexibility index (Phi) is 5.22. The van der Waals surface area contributed by atoms with E-state index in [0.29, 0.717) is 17.9 Å². The number of carbonyl (C=O) groups is 1. The van der Waals surface area contributed by atoms with Crippen molar-refractivity contribution >= 4 is 5.91 Å². The summed E-state index contributed by atoms with van der Waals surface area (Å²) in [5.41, 5.74) is 0. The molecule has 2 heterocycles. The Bertz CT molecular complexity index is 300. The van der Waals surface area contributed by atoms with Crippen molar-refractivity contribution in [1.82, 2.24) is 15.1 Å². The third-order valence-electron chi connectivity index (χ3n) is 4.56. The Labute approximate surface area is 117 Å². The highest BCUT2D eigenvalue weighted by molar-refractivity contribution is 5.79. The molecule has 2 aliphatic heterocycles. The molecule has 1 amide bonds. The standard InChI is InChI=1S/C15H29N3O/c1-12(2)18(10-13-4-7-16-8-5-13)15(19)14-6-9-17(3)11-14/h12-14,16H,4-11H2,1-3H3. The van der Waals surface area contributed by atoms with Gasteiger partial charge in [0.05, 0.1) is 5.92 Å². The van der Waals surface area contributed by atoms with Crippen LogP contribution in [0, 0.1) is 11.8 Å². The highest BCUT2D eigenvalue weighted by Crippen LogP contribution is 2.21. The molecule has 0 saturated carbocycles. The average molecular weight is 267 g/mol. The van der Waals surface area contributed by atoms with Crippen LogP contribution >= 0.6 is 0 Å². The molecule has 0 aliphatic carbocycles. The molecule has 0 radical (unpaired) electrons. The highest BCUT2D eigenvalue weighted by atomic mass is 16.2. The van der Waals surface area contributed by atoms with E-state index in [9.17, 15) is 4.79 Å². The van der Waals surface area contributed by atoms with Crippen LogP contribution in [0.25, 0.3) is 0 Å². The molecule has 2 fully saturated rings. The zero-order chi connectivity index (χ0) is 13.8. The van der Waals surface area contributed by atoms with Crippen LogP contribution in [0.4, 0.5) is 0 Å². The highest BCUT2D eigenvalue weighted by Gasteiger charge is 2.32. The fourth-order valence-corrected chi connectivity index (χ4v) is 3.27. The largest absolute Gasteiger partial charge is 0.340 e. The van der Waals surface area contributed by atoms with E-state index in [1.54, 1.807) is 0 Å². The molecule has 0 aromatic rings. The van der Waals surface area contributed by atoms with Gasteiger partial charge < -0.3 is 15.1 Å². The molecule has 4 heteroatoms. The zero-order valence-electron chi connectivity index (χ0n) is 12.7. The van der Waals surface area contributed by atoms with Crippen molar-refractivity contribution < 1.29 is 4.79 Å². The van der Waals surface area contributed by atoms with Crippen molar-refractivity contribution in [3.8, 4) is 0 Å². The molecule has 1 N–H and O–H groups in total. The van der Waals surface area contributed by atoms with Gasteiger partial charge in [-0.25, -0.2) is 0 Å². The first kappa shape index (κ1) is 14.8. The molecule has 0 spiro atoms. The SMILES string of the molecule is CC(C)N(CC1CCNCC1)C(=O)C1CCN(C)C1. The summed E-state index contributed by atoms with van der Waals surface area (Å²) in [4.78, 5) is 17.1. The first-order valence-corrected chi connectivity index (χ1v) is 7.77. The summed E-state index contributed by atoms with van der Waals surface area (Å²) in [6, 6.07) is 0.327. The third kappa shape index (κ3) is 3.93. The van der Waals surface area contributed by atoms with Crippen LogP contribution in [-0.4, -0.2) is 61.5 Å². The molecule has 0 aromatic heterocycles. The van der Waals surface area contributed by atoms with Crippen LogP contribution in [0.2, 0.25) is 0 Å². The number of likely N-dealkylation sites (tertiary alicyclic amines) is 1. The summed E-state index contributed by atoms with van der Waals surface area (Å²) >= 11 is 0. The fraction of sp³-hybridized carbons (Fsp3) is 0.933. The van der Waals surface area contributed by atoms with E-state index in [4.69, 9.17) is 0 Å². The molecular weight excluding hydrogens is 238 g/mol. The minimum atomic E-state index is 0.231. The number of hydrogen-bond donors (Lipinski definition) is 1. The summed E-state index contributed by atoms with van der Waals surface area (Å²) in [6.07, 6.45) is 3.45. The third-order valence-corrected chi connectivity index (χ3v) is 4.56. The smallest absolute Gasteiger partial charge is 0.227 e. The number of hydrogen-bond acceptors (Lipinski definition) is 3. The Balaban J connectivity index is 1.92. The van der Waals surface area contributed by atoms with Gasteiger partial charge in [0.25, 0.3) is 0 Å². The van der Waals surface area contributed by atoms with Crippen LogP contribution < -0.4 is 5.32 Å². The van der Waals surface area contributed by atoms with Gasteiger partial charge in [-0.1, -0.05) is 0 Å². The second-order valence-electron chi connectivity index (χ2n) is 6.53. The predicted molar refractivity (Wildman–Crippen MR) is 78.0 cm³/mol. The summed E-state index contributed by atoms with van der Waals surface area (Å²) in [7, 11) is 2.11. The van der Waals surface area contributed by atoms with Gasteiger partial charge in [0.2, 0.25) is 5.91 Å². The normalized spacial score (nSPS) is 26.0. The van der Waals surface area contributed by atoms with Crippen LogP contribution in [-0.2, 0) is 4.79 Å². The quantitative estimate of drug-likeness (QED) is 0.831. The van der Waals surface area contributed by atoms with E-state index in [1.165, 1.54) is 12.8 Å². The molecule has 4 nitrogen and oxygen atoms in total. The monoisotopic (exact) mass is 267 g/mol. The Morgan fingerprint density at radius 3 is 2.53 bits per heavy atom. The summed E-state index contributed by atoms with van der Waals surface area (Å²) in [5.74, 6) is 1.30. The second-order valence-corrected chi connectivity index (χ2v) is 6.53. The molecule has 0 aromatic carbocycles. The topological polar surface area (TPSA) is 35.6 Å². The minimum absolute atomic E-state index is 0.231. The molecule has 110 valence electrons. The number of nitrogens with one attached hydrogen (secondary N) is 1. The lowest BCUT2D eigenvalue weighted by molar-refractivity contribution is -0.137. The van der Waals surface area contributed by atoms with E-state index in [2.05, 4.69) is 36.0 Å². The maximum absolute atomic E-state index is 12.7. The lowest BCUT2D eigenvalue weighted by atomic mass is 9.96. The van der Waals surface area contributed by atoms with Gasteiger partial charge in [-0.2, -0.15) is 0 Å². The molecular formula is C15H29N3O. The first-order chi connectivity index (χ1) is 9.08. The molecule has 0 bridgehead atoms. The second kappa shape index (κ2) is 6.71. The Morgan fingerprint density at radius 2 is 2.00 bits per heavy atom. The predicted octanol–water partition coefficient (Wildman–Crippen LogP) is 1.17.